The van der Waals surface area contributed by atoms with Crippen LogP contribution in [0.25, 0.3) is 0 Å². The zero-order chi connectivity index (χ0) is 9.84. The molecule has 1 aliphatic rings. The molecule has 1 rings (SSSR count). The number of rotatable bonds is 1. The van der Waals surface area contributed by atoms with Crippen LogP contribution in [0.2, 0.25) is 0 Å². The Bertz CT molecular complexity index is 193. The minimum Gasteiger partial charge on any atom is -0.393 e. The summed E-state index contributed by atoms with van der Waals surface area (Å²) >= 11 is 0. The van der Waals surface area contributed by atoms with Crippen LogP contribution in [0.15, 0.2) is 4.99 Å². The molecule has 0 aromatic heterocycles. The first-order chi connectivity index (χ1) is 6.15. The number of hydrogen-bond donors (Lipinski definition) is 2. The van der Waals surface area contributed by atoms with E-state index in [0.29, 0.717) is 11.9 Å². The maximum atomic E-state index is 9.50. The molecule has 0 radical (unpaired) electrons. The van der Waals surface area contributed by atoms with E-state index in [-0.39, 0.29) is 6.10 Å². The fourth-order valence-electron chi connectivity index (χ4n) is 1.60. The summed E-state index contributed by atoms with van der Waals surface area (Å²) in [6.45, 7) is 6.36. The van der Waals surface area contributed by atoms with Gasteiger partial charge in [0.2, 0.25) is 0 Å². The molecule has 3 N–H and O–H groups in total. The zero-order valence-electron chi connectivity index (χ0n) is 8.40. The number of aliphatic imine (C=N–C) groups is 1. The maximum absolute atomic E-state index is 9.50. The van der Waals surface area contributed by atoms with E-state index in [1.807, 2.05) is 18.7 Å². The molecule has 0 spiro atoms. The molecule has 4 nitrogen and oxygen atoms in total. The van der Waals surface area contributed by atoms with E-state index in [2.05, 4.69) is 4.99 Å². The van der Waals surface area contributed by atoms with Crippen molar-refractivity contribution in [3.63, 3.8) is 0 Å². The van der Waals surface area contributed by atoms with Crippen LogP contribution in [0.1, 0.15) is 20.3 Å². The normalized spacial score (nSPS) is 30.7. The van der Waals surface area contributed by atoms with Crippen LogP contribution in [0.4, 0.5) is 0 Å². The van der Waals surface area contributed by atoms with Crippen molar-refractivity contribution in [3.05, 3.63) is 0 Å². The van der Waals surface area contributed by atoms with Crippen molar-refractivity contribution in [3.8, 4) is 0 Å². The third kappa shape index (κ3) is 2.59. The van der Waals surface area contributed by atoms with Gasteiger partial charge in [0.05, 0.1) is 6.10 Å². The molecule has 76 valence electrons. The first-order valence-electron chi connectivity index (χ1n) is 4.88. The molecule has 1 fully saturated rings. The van der Waals surface area contributed by atoms with Crippen LogP contribution in [0.5, 0.6) is 0 Å². The van der Waals surface area contributed by atoms with Crippen LogP contribution >= 0.6 is 0 Å². The Morgan fingerprint density at radius 3 is 2.92 bits per heavy atom. The number of hydrogen-bond acceptors (Lipinski definition) is 2. The molecule has 2 unspecified atom stereocenters. The maximum Gasteiger partial charge on any atom is 0.191 e. The number of guanidine groups is 1. The number of nitrogens with zero attached hydrogens (tertiary/aromatic N) is 2. The Kier molecular flexibility index (Phi) is 3.54. The molecule has 4 heteroatoms. The van der Waals surface area contributed by atoms with E-state index in [1.54, 1.807) is 0 Å². The SMILES string of the molecule is CCN=C(N)N1CCC(O)C(C)C1. The van der Waals surface area contributed by atoms with E-state index in [9.17, 15) is 5.11 Å². The van der Waals surface area contributed by atoms with Gasteiger partial charge in [0.15, 0.2) is 5.96 Å². The van der Waals surface area contributed by atoms with Crippen LogP contribution < -0.4 is 5.73 Å². The second kappa shape index (κ2) is 4.46. The van der Waals surface area contributed by atoms with Gasteiger partial charge in [0.1, 0.15) is 0 Å². The molecule has 0 amide bonds. The Labute approximate surface area is 79.4 Å². The summed E-state index contributed by atoms with van der Waals surface area (Å²) in [4.78, 5) is 6.19. The molecule has 0 aromatic carbocycles. The van der Waals surface area contributed by atoms with E-state index >= 15 is 0 Å². The molecular weight excluding hydrogens is 166 g/mol. The van der Waals surface area contributed by atoms with E-state index in [1.165, 1.54) is 0 Å². The van der Waals surface area contributed by atoms with Gasteiger partial charge in [-0.15, -0.1) is 0 Å². The predicted molar refractivity (Wildman–Crippen MR) is 53.5 cm³/mol. The van der Waals surface area contributed by atoms with Crippen LogP contribution in [-0.4, -0.2) is 41.7 Å². The van der Waals surface area contributed by atoms with E-state index < -0.39 is 0 Å². The van der Waals surface area contributed by atoms with Gasteiger partial charge in [-0.05, 0) is 19.3 Å². The van der Waals surface area contributed by atoms with Gasteiger partial charge in [-0.2, -0.15) is 0 Å². The van der Waals surface area contributed by atoms with Gasteiger partial charge in [-0.1, -0.05) is 6.92 Å². The van der Waals surface area contributed by atoms with Gasteiger partial charge in [0.25, 0.3) is 0 Å². The topological polar surface area (TPSA) is 61.8 Å². The summed E-state index contributed by atoms with van der Waals surface area (Å²) in [5.74, 6) is 0.903. The first kappa shape index (κ1) is 10.3. The quantitative estimate of drug-likeness (QED) is 0.447. The van der Waals surface area contributed by atoms with Crippen molar-refractivity contribution in [1.82, 2.24) is 4.90 Å². The molecule has 0 aliphatic carbocycles. The van der Waals surface area contributed by atoms with Crippen molar-refractivity contribution in [2.24, 2.45) is 16.6 Å². The van der Waals surface area contributed by atoms with Gasteiger partial charge >= 0.3 is 0 Å². The monoisotopic (exact) mass is 185 g/mol. The molecular formula is C9H19N3O. The molecule has 0 bridgehead atoms. The highest BCUT2D eigenvalue weighted by Crippen LogP contribution is 2.15. The second-order valence-corrected chi connectivity index (χ2v) is 3.61. The summed E-state index contributed by atoms with van der Waals surface area (Å²) in [6.07, 6.45) is 0.617. The van der Waals surface area contributed by atoms with Crippen LogP contribution in [0, 0.1) is 5.92 Å². The third-order valence-electron chi connectivity index (χ3n) is 2.50. The highest BCUT2D eigenvalue weighted by atomic mass is 16.3. The van der Waals surface area contributed by atoms with Gasteiger partial charge < -0.3 is 15.7 Å². The molecule has 2 atom stereocenters. The molecule has 1 saturated heterocycles. The lowest BCUT2D eigenvalue weighted by Crippen LogP contribution is -2.48. The fourth-order valence-corrected chi connectivity index (χ4v) is 1.60. The van der Waals surface area contributed by atoms with Crippen molar-refractivity contribution in [2.75, 3.05) is 19.6 Å². The standard InChI is InChI=1S/C9H19N3O/c1-3-11-9(10)12-5-4-8(13)7(2)6-12/h7-8,13H,3-6H2,1-2H3,(H2,10,11). The summed E-state index contributed by atoms with van der Waals surface area (Å²) < 4.78 is 0. The third-order valence-corrected chi connectivity index (χ3v) is 2.50. The Morgan fingerprint density at radius 1 is 1.69 bits per heavy atom. The Hall–Kier alpha value is -0.770. The smallest absolute Gasteiger partial charge is 0.191 e. The molecule has 13 heavy (non-hydrogen) atoms. The number of piperidine rings is 1. The molecule has 1 aliphatic heterocycles. The zero-order valence-corrected chi connectivity index (χ0v) is 8.40. The second-order valence-electron chi connectivity index (χ2n) is 3.61. The fraction of sp³-hybridized carbons (Fsp3) is 0.889. The summed E-state index contributed by atoms with van der Waals surface area (Å²) in [6, 6.07) is 0. The van der Waals surface area contributed by atoms with Gasteiger partial charge in [0, 0.05) is 19.6 Å². The first-order valence-corrected chi connectivity index (χ1v) is 4.88. The predicted octanol–water partition coefficient (Wildman–Crippen LogP) is 0.0237. The van der Waals surface area contributed by atoms with E-state index in [4.69, 9.17) is 5.73 Å². The minimum atomic E-state index is -0.175. The minimum absolute atomic E-state index is 0.175. The highest BCUT2D eigenvalue weighted by Gasteiger charge is 2.24. The number of nitrogens with two attached hydrogens (primary N) is 1. The molecule has 0 aromatic rings. The lowest BCUT2D eigenvalue weighted by atomic mass is 9.97. The van der Waals surface area contributed by atoms with Crippen molar-refractivity contribution < 1.29 is 5.11 Å². The Morgan fingerprint density at radius 2 is 2.38 bits per heavy atom. The van der Waals surface area contributed by atoms with Gasteiger partial charge in [-0.25, -0.2) is 0 Å². The number of aliphatic hydroxyl groups is 1. The van der Waals surface area contributed by atoms with Crippen LogP contribution in [0.3, 0.4) is 0 Å². The van der Waals surface area contributed by atoms with E-state index in [0.717, 1.165) is 26.1 Å². The number of likely N-dealkylation sites (tertiary alicyclic amines) is 1. The lowest BCUT2D eigenvalue weighted by molar-refractivity contribution is 0.0585. The van der Waals surface area contributed by atoms with Crippen molar-refractivity contribution >= 4 is 5.96 Å². The number of aliphatic hydroxyl groups excluding tert-OH is 1. The molecule has 1 heterocycles. The lowest BCUT2D eigenvalue weighted by Gasteiger charge is -2.34. The average Bonchev–Trinajstić information content (AvgIpc) is 2.10. The largest absolute Gasteiger partial charge is 0.393 e. The highest BCUT2D eigenvalue weighted by molar-refractivity contribution is 5.78. The molecule has 0 saturated carbocycles. The average molecular weight is 185 g/mol. The van der Waals surface area contributed by atoms with Crippen LogP contribution in [-0.2, 0) is 0 Å². The van der Waals surface area contributed by atoms with Crippen molar-refractivity contribution in [2.45, 2.75) is 26.4 Å². The summed E-state index contributed by atoms with van der Waals surface area (Å²) in [5.41, 5.74) is 5.76. The Balaban J connectivity index is 2.50. The summed E-state index contributed by atoms with van der Waals surface area (Å²) in [5, 5.41) is 9.50. The van der Waals surface area contributed by atoms with Crippen molar-refractivity contribution in [1.29, 1.82) is 0 Å². The van der Waals surface area contributed by atoms with Gasteiger partial charge in [-0.3, -0.25) is 4.99 Å². The summed E-state index contributed by atoms with van der Waals surface area (Å²) in [7, 11) is 0.